The second-order valence-corrected chi connectivity index (χ2v) is 7.62. The normalized spacial score (nSPS) is 10.2. The number of thioether (sulfide) groups is 1. The Morgan fingerprint density at radius 1 is 0.875 bits per heavy atom. The number of anilines is 2. The van der Waals surface area contributed by atoms with E-state index in [0.29, 0.717) is 16.9 Å². The molecule has 0 unspecified atom stereocenters. The molecule has 4 N–H and O–H groups in total. The summed E-state index contributed by atoms with van der Waals surface area (Å²) in [4.78, 5) is 46.8. The monoisotopic (exact) mass is 450 g/mol. The topological polar surface area (TPSA) is 144 Å². The number of nitrogens with two attached hydrogens (primary N) is 1. The molecule has 0 spiro atoms. The third-order valence-electron chi connectivity index (χ3n) is 4.23. The summed E-state index contributed by atoms with van der Waals surface area (Å²) in [7, 11) is 0. The van der Waals surface area contributed by atoms with Crippen LogP contribution in [0.25, 0.3) is 0 Å². The number of hydrogen-bond acceptors (Lipinski definition) is 6. The summed E-state index contributed by atoms with van der Waals surface area (Å²) < 4.78 is 0. The van der Waals surface area contributed by atoms with E-state index in [0.717, 1.165) is 4.90 Å². The van der Waals surface area contributed by atoms with E-state index in [-0.39, 0.29) is 22.9 Å². The van der Waals surface area contributed by atoms with Crippen LogP contribution in [0.3, 0.4) is 0 Å². The predicted molar refractivity (Wildman–Crippen MR) is 122 cm³/mol. The van der Waals surface area contributed by atoms with Gasteiger partial charge in [-0.25, -0.2) is 0 Å². The number of nitrogens with one attached hydrogen (secondary N) is 2. The minimum absolute atomic E-state index is 0.125. The Morgan fingerprint density at radius 2 is 1.59 bits per heavy atom. The van der Waals surface area contributed by atoms with Crippen LogP contribution in [0, 0.1) is 10.1 Å². The van der Waals surface area contributed by atoms with E-state index < -0.39 is 16.7 Å². The molecule has 0 radical (unpaired) electrons. The van der Waals surface area contributed by atoms with Crippen molar-refractivity contribution >= 4 is 46.5 Å². The smallest absolute Gasteiger partial charge is 0.270 e. The van der Waals surface area contributed by atoms with Crippen LogP contribution in [-0.2, 0) is 4.79 Å². The van der Waals surface area contributed by atoms with Crippen LogP contribution in [-0.4, -0.2) is 28.4 Å². The Hall–Kier alpha value is -4.18. The van der Waals surface area contributed by atoms with E-state index >= 15 is 0 Å². The molecular weight excluding hydrogens is 432 g/mol. The maximum atomic E-state index is 12.4. The molecule has 162 valence electrons. The van der Waals surface area contributed by atoms with Crippen molar-refractivity contribution < 1.29 is 19.3 Å². The molecule has 0 saturated carbocycles. The third-order valence-corrected chi connectivity index (χ3v) is 5.23. The Labute approximate surface area is 187 Å². The van der Waals surface area contributed by atoms with E-state index in [1.807, 2.05) is 0 Å². The van der Waals surface area contributed by atoms with Crippen LogP contribution in [0.5, 0.6) is 0 Å². The van der Waals surface area contributed by atoms with Crippen LogP contribution in [0.4, 0.5) is 17.1 Å². The average Bonchev–Trinajstić information content (AvgIpc) is 2.78. The zero-order valence-corrected chi connectivity index (χ0v) is 17.4. The van der Waals surface area contributed by atoms with Crippen molar-refractivity contribution in [3.8, 4) is 0 Å². The first-order chi connectivity index (χ1) is 15.3. The lowest BCUT2D eigenvalue weighted by Gasteiger charge is -2.08. The van der Waals surface area contributed by atoms with Crippen LogP contribution in [0.15, 0.2) is 77.7 Å². The van der Waals surface area contributed by atoms with E-state index in [2.05, 4.69) is 10.6 Å². The molecule has 32 heavy (non-hydrogen) atoms. The van der Waals surface area contributed by atoms with Gasteiger partial charge < -0.3 is 16.4 Å². The third kappa shape index (κ3) is 6.16. The predicted octanol–water partition coefficient (Wildman–Crippen LogP) is 3.68. The number of amides is 3. The standard InChI is InChI=1S/C22H18N4O5S/c23-21(28)14-7-9-16(10-8-14)24-20(27)13-32-19-6-2-4-17(12-19)25-22(29)15-3-1-5-18(11-15)26(30)31/h1-12H,13H2,(H2,23,28)(H,24,27)(H,25,29). The number of carbonyl (C=O) groups excluding carboxylic acids is 3. The van der Waals surface area contributed by atoms with Gasteiger partial charge in [-0.3, -0.25) is 24.5 Å². The highest BCUT2D eigenvalue weighted by atomic mass is 32.2. The molecule has 9 nitrogen and oxygen atoms in total. The van der Waals surface area contributed by atoms with E-state index in [9.17, 15) is 24.5 Å². The minimum Gasteiger partial charge on any atom is -0.366 e. The van der Waals surface area contributed by atoms with Gasteiger partial charge in [-0.1, -0.05) is 12.1 Å². The second-order valence-electron chi connectivity index (χ2n) is 6.57. The number of nitrogens with zero attached hydrogens (tertiary/aromatic N) is 1. The molecule has 0 atom stereocenters. The van der Waals surface area contributed by atoms with Crippen molar-refractivity contribution in [3.05, 3.63) is 94.0 Å². The first kappa shape index (κ1) is 22.5. The first-order valence-electron chi connectivity index (χ1n) is 9.30. The number of nitro benzene ring substituents is 1. The number of nitro groups is 1. The number of rotatable bonds is 8. The van der Waals surface area contributed by atoms with Crippen molar-refractivity contribution in [2.24, 2.45) is 5.73 Å². The molecule has 0 aliphatic carbocycles. The molecule has 0 heterocycles. The van der Waals surface area contributed by atoms with Gasteiger partial charge in [-0.05, 0) is 48.5 Å². The summed E-state index contributed by atoms with van der Waals surface area (Å²) in [6, 6.07) is 18.6. The highest BCUT2D eigenvalue weighted by Gasteiger charge is 2.12. The van der Waals surface area contributed by atoms with Crippen molar-refractivity contribution in [1.82, 2.24) is 0 Å². The zero-order valence-electron chi connectivity index (χ0n) is 16.6. The summed E-state index contributed by atoms with van der Waals surface area (Å²) in [5.41, 5.74) is 6.57. The number of carbonyl (C=O) groups is 3. The highest BCUT2D eigenvalue weighted by Crippen LogP contribution is 2.23. The van der Waals surface area contributed by atoms with Crippen LogP contribution in [0.2, 0.25) is 0 Å². The lowest BCUT2D eigenvalue weighted by molar-refractivity contribution is -0.384. The van der Waals surface area contributed by atoms with Gasteiger partial charge in [-0.2, -0.15) is 0 Å². The molecule has 0 fully saturated rings. The molecule has 3 amide bonds. The molecule has 0 aromatic heterocycles. The highest BCUT2D eigenvalue weighted by molar-refractivity contribution is 8.00. The molecule has 0 bridgehead atoms. The fraction of sp³-hybridized carbons (Fsp3) is 0.0455. The number of non-ortho nitro benzene ring substituents is 1. The maximum absolute atomic E-state index is 12.4. The number of hydrogen-bond donors (Lipinski definition) is 3. The Bertz CT molecular complexity index is 1180. The quantitative estimate of drug-likeness (QED) is 0.271. The summed E-state index contributed by atoms with van der Waals surface area (Å²) >= 11 is 1.27. The van der Waals surface area contributed by atoms with Crippen molar-refractivity contribution in [1.29, 1.82) is 0 Å². The molecular formula is C22H18N4O5S. The van der Waals surface area contributed by atoms with Crippen LogP contribution >= 0.6 is 11.8 Å². The first-order valence-corrected chi connectivity index (χ1v) is 10.3. The van der Waals surface area contributed by atoms with Gasteiger partial charge in [0.05, 0.1) is 10.7 Å². The molecule has 0 aliphatic rings. The van der Waals surface area contributed by atoms with Crippen molar-refractivity contribution in [2.75, 3.05) is 16.4 Å². The van der Waals surface area contributed by atoms with Crippen molar-refractivity contribution in [3.63, 3.8) is 0 Å². The fourth-order valence-electron chi connectivity index (χ4n) is 2.69. The lowest BCUT2D eigenvalue weighted by atomic mass is 10.2. The van der Waals surface area contributed by atoms with Crippen LogP contribution < -0.4 is 16.4 Å². The van der Waals surface area contributed by atoms with Gasteiger partial charge in [0, 0.05) is 39.5 Å². The van der Waals surface area contributed by atoms with Gasteiger partial charge in [0.2, 0.25) is 11.8 Å². The summed E-state index contributed by atoms with van der Waals surface area (Å²) in [6.45, 7) is 0. The number of benzene rings is 3. The maximum Gasteiger partial charge on any atom is 0.270 e. The van der Waals surface area contributed by atoms with Gasteiger partial charge in [0.15, 0.2) is 0 Å². The van der Waals surface area contributed by atoms with Crippen LogP contribution in [0.1, 0.15) is 20.7 Å². The molecule has 3 aromatic rings. The van der Waals surface area contributed by atoms with E-state index in [1.54, 1.807) is 36.4 Å². The molecule has 0 aliphatic heterocycles. The summed E-state index contributed by atoms with van der Waals surface area (Å²) in [5, 5.41) is 16.3. The SMILES string of the molecule is NC(=O)c1ccc(NC(=O)CSc2cccc(NC(=O)c3cccc([N+](=O)[O-])c3)c2)cc1. The summed E-state index contributed by atoms with van der Waals surface area (Å²) in [5.74, 6) is -1.14. The Balaban J connectivity index is 1.57. The molecule has 10 heteroatoms. The second kappa shape index (κ2) is 10.2. The zero-order chi connectivity index (χ0) is 23.1. The molecule has 0 saturated heterocycles. The lowest BCUT2D eigenvalue weighted by Crippen LogP contribution is -2.15. The van der Waals surface area contributed by atoms with Gasteiger partial charge in [-0.15, -0.1) is 11.8 Å². The van der Waals surface area contributed by atoms with Crippen molar-refractivity contribution in [2.45, 2.75) is 4.90 Å². The van der Waals surface area contributed by atoms with E-state index in [4.69, 9.17) is 5.73 Å². The average molecular weight is 450 g/mol. The number of primary amides is 1. The Morgan fingerprint density at radius 3 is 2.28 bits per heavy atom. The van der Waals surface area contributed by atoms with Gasteiger partial charge in [0.1, 0.15) is 0 Å². The minimum atomic E-state index is -0.564. The summed E-state index contributed by atoms with van der Waals surface area (Å²) in [6.07, 6.45) is 0. The molecule has 3 rings (SSSR count). The molecule has 3 aromatic carbocycles. The largest absolute Gasteiger partial charge is 0.366 e. The fourth-order valence-corrected chi connectivity index (χ4v) is 3.45. The Kier molecular flexibility index (Phi) is 7.19. The van der Waals surface area contributed by atoms with Gasteiger partial charge in [0.25, 0.3) is 11.6 Å². The van der Waals surface area contributed by atoms with Gasteiger partial charge >= 0.3 is 0 Å². The van der Waals surface area contributed by atoms with E-state index in [1.165, 1.54) is 48.2 Å².